The summed E-state index contributed by atoms with van der Waals surface area (Å²) in [7, 11) is 3.60. The fraction of sp³-hybridized carbons (Fsp3) is 1.00. The number of methoxy groups -OCH3 is 1. The van der Waals surface area contributed by atoms with E-state index >= 15 is 0 Å². The highest BCUT2D eigenvalue weighted by Crippen LogP contribution is 2.22. The summed E-state index contributed by atoms with van der Waals surface area (Å²) in [4.78, 5) is 0. The van der Waals surface area contributed by atoms with Crippen LogP contribution >= 0.6 is 0 Å². The summed E-state index contributed by atoms with van der Waals surface area (Å²) >= 11 is 0. The van der Waals surface area contributed by atoms with Crippen LogP contribution in [0.4, 0.5) is 0 Å². The highest BCUT2D eigenvalue weighted by atomic mass is 16.5. The molecule has 90 valence electrons. The summed E-state index contributed by atoms with van der Waals surface area (Å²) in [6.45, 7) is 0.699. The first kappa shape index (κ1) is 12.9. The van der Waals surface area contributed by atoms with Gasteiger partial charge >= 0.3 is 0 Å². The number of hydrogen-bond acceptors (Lipinski definition) is 4. The summed E-state index contributed by atoms with van der Waals surface area (Å²) in [5, 5.41) is 12.0. The molecule has 0 spiro atoms. The highest BCUT2D eigenvalue weighted by molar-refractivity contribution is 4.74. The van der Waals surface area contributed by atoms with Crippen LogP contribution in [-0.4, -0.2) is 50.7 Å². The summed E-state index contributed by atoms with van der Waals surface area (Å²) in [6.07, 6.45) is 5.07. The lowest BCUT2D eigenvalue weighted by Gasteiger charge is -2.29. The number of rotatable bonds is 6. The van der Waals surface area contributed by atoms with Gasteiger partial charge in [-0.05, 0) is 32.7 Å². The number of ether oxygens (including phenoxy) is 2. The Labute approximate surface area is 92.0 Å². The second-order valence-corrected chi connectivity index (χ2v) is 4.15. The molecule has 4 nitrogen and oxygen atoms in total. The van der Waals surface area contributed by atoms with Crippen LogP contribution in [0.15, 0.2) is 0 Å². The fourth-order valence-electron chi connectivity index (χ4n) is 1.95. The average molecular weight is 217 g/mol. The Morgan fingerprint density at radius 2 is 2.13 bits per heavy atom. The van der Waals surface area contributed by atoms with Crippen molar-refractivity contribution in [2.75, 3.05) is 27.4 Å². The Bertz CT molecular complexity index is 162. The first-order valence-electron chi connectivity index (χ1n) is 5.72. The Balaban J connectivity index is 2.20. The Kier molecular flexibility index (Phi) is 6.17. The Morgan fingerprint density at radius 3 is 2.73 bits per heavy atom. The normalized spacial score (nSPS) is 29.0. The summed E-state index contributed by atoms with van der Waals surface area (Å²) in [5.41, 5.74) is 0. The Hall–Kier alpha value is -0.160. The van der Waals surface area contributed by atoms with Gasteiger partial charge < -0.3 is 19.9 Å². The van der Waals surface area contributed by atoms with E-state index in [1.54, 1.807) is 7.11 Å². The summed E-state index contributed by atoms with van der Waals surface area (Å²) in [6, 6.07) is 0.0490. The van der Waals surface area contributed by atoms with E-state index in [1.165, 1.54) is 6.42 Å². The van der Waals surface area contributed by atoms with E-state index in [2.05, 4.69) is 5.32 Å². The van der Waals surface area contributed by atoms with Gasteiger partial charge in [0.1, 0.15) is 0 Å². The predicted octanol–water partition coefficient (Wildman–Crippen LogP) is 0.541. The zero-order valence-electron chi connectivity index (χ0n) is 9.74. The molecule has 0 amide bonds. The minimum Gasteiger partial charge on any atom is -0.395 e. The molecule has 4 heteroatoms. The van der Waals surface area contributed by atoms with Crippen LogP contribution in [0.1, 0.15) is 25.7 Å². The largest absolute Gasteiger partial charge is 0.395 e. The first-order chi connectivity index (χ1) is 7.30. The third kappa shape index (κ3) is 4.47. The van der Waals surface area contributed by atoms with E-state index in [4.69, 9.17) is 14.6 Å². The topological polar surface area (TPSA) is 50.7 Å². The van der Waals surface area contributed by atoms with Gasteiger partial charge in [0.25, 0.3) is 0 Å². The van der Waals surface area contributed by atoms with Gasteiger partial charge in [0, 0.05) is 7.11 Å². The molecule has 2 N–H and O–H groups in total. The molecule has 1 rings (SSSR count). The van der Waals surface area contributed by atoms with Crippen LogP contribution in [-0.2, 0) is 9.47 Å². The van der Waals surface area contributed by atoms with Crippen molar-refractivity contribution in [3.63, 3.8) is 0 Å². The first-order valence-corrected chi connectivity index (χ1v) is 5.72. The van der Waals surface area contributed by atoms with Crippen molar-refractivity contribution >= 4 is 0 Å². The van der Waals surface area contributed by atoms with Crippen molar-refractivity contribution in [2.24, 2.45) is 0 Å². The molecule has 0 aromatic heterocycles. The van der Waals surface area contributed by atoms with E-state index in [0.29, 0.717) is 18.8 Å². The van der Waals surface area contributed by atoms with Crippen LogP contribution in [0.25, 0.3) is 0 Å². The molecular formula is C11H23NO3. The van der Waals surface area contributed by atoms with Crippen LogP contribution < -0.4 is 5.32 Å². The van der Waals surface area contributed by atoms with Gasteiger partial charge in [0.2, 0.25) is 0 Å². The van der Waals surface area contributed by atoms with Gasteiger partial charge in [-0.1, -0.05) is 0 Å². The molecule has 15 heavy (non-hydrogen) atoms. The maximum atomic E-state index is 8.99. The van der Waals surface area contributed by atoms with Gasteiger partial charge in [-0.25, -0.2) is 0 Å². The lowest BCUT2D eigenvalue weighted by atomic mass is 9.95. The quantitative estimate of drug-likeness (QED) is 0.682. The number of aliphatic hydroxyl groups is 1. The second-order valence-electron chi connectivity index (χ2n) is 4.15. The zero-order valence-corrected chi connectivity index (χ0v) is 9.74. The van der Waals surface area contributed by atoms with Crippen LogP contribution in [0.2, 0.25) is 0 Å². The van der Waals surface area contributed by atoms with Gasteiger partial charge in [0.05, 0.1) is 31.5 Å². The van der Waals surface area contributed by atoms with E-state index in [1.807, 2.05) is 7.05 Å². The lowest BCUT2D eigenvalue weighted by molar-refractivity contribution is -0.0384. The fourth-order valence-corrected chi connectivity index (χ4v) is 1.95. The molecule has 1 fully saturated rings. The van der Waals surface area contributed by atoms with Crippen LogP contribution in [0.5, 0.6) is 0 Å². The summed E-state index contributed by atoms with van der Waals surface area (Å²) in [5.74, 6) is 0. The van der Waals surface area contributed by atoms with Crippen molar-refractivity contribution in [3.05, 3.63) is 0 Å². The standard InChI is InChI=1S/C11H23NO3/c1-12-9(7-13)8-15-11-5-3-4-10(6-11)14-2/h9-13H,3-8H2,1-2H3. The van der Waals surface area contributed by atoms with Crippen LogP contribution in [0.3, 0.4) is 0 Å². The van der Waals surface area contributed by atoms with E-state index < -0.39 is 0 Å². The SMILES string of the molecule is CNC(CO)COC1CCCC(OC)C1. The molecule has 0 heterocycles. The number of aliphatic hydroxyl groups excluding tert-OH is 1. The minimum atomic E-state index is 0.0490. The van der Waals surface area contributed by atoms with Gasteiger partial charge in [-0.3, -0.25) is 0 Å². The molecule has 0 aromatic carbocycles. The van der Waals surface area contributed by atoms with Crippen molar-refractivity contribution < 1.29 is 14.6 Å². The molecule has 3 atom stereocenters. The molecule has 3 unspecified atom stereocenters. The van der Waals surface area contributed by atoms with E-state index in [9.17, 15) is 0 Å². The average Bonchev–Trinajstić information content (AvgIpc) is 2.31. The monoisotopic (exact) mass is 217 g/mol. The minimum absolute atomic E-state index is 0.0490. The number of nitrogens with one attached hydrogen (secondary N) is 1. The molecule has 1 aliphatic carbocycles. The molecule has 0 radical (unpaired) electrons. The molecule has 0 saturated heterocycles. The van der Waals surface area contributed by atoms with E-state index in [0.717, 1.165) is 19.3 Å². The molecule has 0 aliphatic heterocycles. The Morgan fingerprint density at radius 1 is 1.40 bits per heavy atom. The number of hydrogen-bond donors (Lipinski definition) is 2. The summed E-state index contributed by atoms with van der Waals surface area (Å²) < 4.78 is 11.1. The smallest absolute Gasteiger partial charge is 0.0645 e. The van der Waals surface area contributed by atoms with E-state index in [-0.39, 0.29) is 12.6 Å². The van der Waals surface area contributed by atoms with Gasteiger partial charge in [-0.15, -0.1) is 0 Å². The van der Waals surface area contributed by atoms with Crippen molar-refractivity contribution in [1.29, 1.82) is 0 Å². The van der Waals surface area contributed by atoms with Gasteiger partial charge in [0.15, 0.2) is 0 Å². The third-order valence-corrected chi connectivity index (χ3v) is 3.07. The molecule has 1 saturated carbocycles. The zero-order chi connectivity index (χ0) is 11.1. The molecule has 1 aliphatic rings. The molecule has 0 aromatic rings. The van der Waals surface area contributed by atoms with Crippen molar-refractivity contribution in [3.8, 4) is 0 Å². The lowest BCUT2D eigenvalue weighted by Crippen LogP contribution is -2.37. The highest BCUT2D eigenvalue weighted by Gasteiger charge is 2.22. The number of likely N-dealkylation sites (N-methyl/N-ethyl adjacent to an activating group) is 1. The third-order valence-electron chi connectivity index (χ3n) is 3.07. The molecule has 0 bridgehead atoms. The van der Waals surface area contributed by atoms with Crippen LogP contribution in [0, 0.1) is 0 Å². The molecular weight excluding hydrogens is 194 g/mol. The predicted molar refractivity (Wildman–Crippen MR) is 58.9 cm³/mol. The second kappa shape index (κ2) is 7.17. The van der Waals surface area contributed by atoms with Crippen molar-refractivity contribution in [1.82, 2.24) is 5.32 Å². The van der Waals surface area contributed by atoms with Crippen molar-refractivity contribution in [2.45, 2.75) is 43.9 Å². The maximum Gasteiger partial charge on any atom is 0.0645 e. The van der Waals surface area contributed by atoms with Gasteiger partial charge in [-0.2, -0.15) is 0 Å². The maximum absolute atomic E-state index is 8.99.